The van der Waals surface area contributed by atoms with Crippen molar-refractivity contribution in [1.82, 2.24) is 4.90 Å². The normalized spacial score (nSPS) is 10.3. The van der Waals surface area contributed by atoms with Crippen LogP contribution in [0.3, 0.4) is 0 Å². The molecule has 0 heterocycles. The molecule has 2 aromatic rings. The molecule has 0 aliphatic heterocycles. The van der Waals surface area contributed by atoms with Crippen molar-refractivity contribution in [1.29, 1.82) is 0 Å². The molecule has 0 fully saturated rings. The fraction of sp³-hybridized carbons (Fsp3) is 0.278. The highest BCUT2D eigenvalue weighted by Gasteiger charge is 2.09. The minimum absolute atomic E-state index is 0.139. The largest absolute Gasteiger partial charge is 0.494 e. The Balaban J connectivity index is 1.69. The van der Waals surface area contributed by atoms with E-state index in [9.17, 15) is 4.79 Å². The highest BCUT2D eigenvalue weighted by molar-refractivity contribution is 9.10. The van der Waals surface area contributed by atoms with Crippen LogP contribution in [0.5, 0.6) is 5.75 Å². The highest BCUT2D eigenvalue weighted by Crippen LogP contribution is 2.13. The first kappa shape index (κ1) is 16.6. The molecule has 116 valence electrons. The number of nitrogens with zero attached hydrogens (tertiary/aromatic N) is 1. The third-order valence-corrected chi connectivity index (χ3v) is 3.83. The molecule has 0 aromatic heterocycles. The minimum Gasteiger partial charge on any atom is -0.494 e. The highest BCUT2D eigenvalue weighted by atomic mass is 79.9. The SMILES string of the molecule is CN(Cc1ccc(Br)cc1)C(=O)CCCOc1ccccc1. The average molecular weight is 362 g/mol. The van der Waals surface area contributed by atoms with E-state index < -0.39 is 0 Å². The zero-order chi connectivity index (χ0) is 15.8. The second-order valence-electron chi connectivity index (χ2n) is 5.14. The number of hydrogen-bond donors (Lipinski definition) is 0. The lowest BCUT2D eigenvalue weighted by Gasteiger charge is -2.17. The van der Waals surface area contributed by atoms with Gasteiger partial charge in [0.1, 0.15) is 5.75 Å². The van der Waals surface area contributed by atoms with Crippen LogP contribution < -0.4 is 4.74 Å². The van der Waals surface area contributed by atoms with Crippen molar-refractivity contribution in [3.05, 3.63) is 64.6 Å². The molecule has 0 saturated heterocycles. The summed E-state index contributed by atoms with van der Waals surface area (Å²) in [5.41, 5.74) is 1.12. The Morgan fingerprint density at radius 1 is 1.09 bits per heavy atom. The predicted molar refractivity (Wildman–Crippen MR) is 91.8 cm³/mol. The van der Waals surface area contributed by atoms with Gasteiger partial charge in [-0.05, 0) is 36.2 Å². The molecule has 4 heteroatoms. The number of amides is 1. The van der Waals surface area contributed by atoms with Gasteiger partial charge in [0, 0.05) is 24.5 Å². The summed E-state index contributed by atoms with van der Waals surface area (Å²) in [5, 5.41) is 0. The molecule has 0 unspecified atom stereocenters. The van der Waals surface area contributed by atoms with E-state index in [4.69, 9.17) is 4.74 Å². The number of hydrogen-bond acceptors (Lipinski definition) is 2. The predicted octanol–water partition coefficient (Wildman–Crippen LogP) is 4.27. The lowest BCUT2D eigenvalue weighted by atomic mass is 10.2. The molecule has 0 aliphatic rings. The van der Waals surface area contributed by atoms with Crippen LogP contribution in [0.4, 0.5) is 0 Å². The quantitative estimate of drug-likeness (QED) is 0.689. The Morgan fingerprint density at radius 3 is 2.45 bits per heavy atom. The molecule has 2 rings (SSSR count). The van der Waals surface area contributed by atoms with Crippen molar-refractivity contribution in [3.8, 4) is 5.75 Å². The van der Waals surface area contributed by atoms with Crippen molar-refractivity contribution >= 4 is 21.8 Å². The smallest absolute Gasteiger partial charge is 0.222 e. The van der Waals surface area contributed by atoms with E-state index in [1.807, 2.05) is 61.6 Å². The van der Waals surface area contributed by atoms with Gasteiger partial charge >= 0.3 is 0 Å². The van der Waals surface area contributed by atoms with E-state index in [0.29, 0.717) is 19.6 Å². The Bertz CT molecular complexity index is 584. The minimum atomic E-state index is 0.139. The average Bonchev–Trinajstić information content (AvgIpc) is 2.54. The Labute approximate surface area is 140 Å². The van der Waals surface area contributed by atoms with Crippen LogP contribution in [-0.2, 0) is 11.3 Å². The molecular formula is C18H20BrNO2. The first-order chi connectivity index (χ1) is 10.6. The van der Waals surface area contributed by atoms with Gasteiger partial charge in [0.15, 0.2) is 0 Å². The van der Waals surface area contributed by atoms with Gasteiger partial charge in [-0.3, -0.25) is 4.79 Å². The summed E-state index contributed by atoms with van der Waals surface area (Å²) in [4.78, 5) is 13.8. The number of rotatable bonds is 7. The van der Waals surface area contributed by atoms with Gasteiger partial charge < -0.3 is 9.64 Å². The number of carbonyl (C=O) groups is 1. The van der Waals surface area contributed by atoms with Crippen LogP contribution in [0.15, 0.2) is 59.1 Å². The van der Waals surface area contributed by atoms with Crippen LogP contribution in [-0.4, -0.2) is 24.5 Å². The third-order valence-electron chi connectivity index (χ3n) is 3.31. The van der Waals surface area contributed by atoms with Gasteiger partial charge in [0.25, 0.3) is 0 Å². The van der Waals surface area contributed by atoms with E-state index >= 15 is 0 Å². The molecule has 0 N–H and O–H groups in total. The summed E-state index contributed by atoms with van der Waals surface area (Å²) in [6.45, 7) is 1.19. The van der Waals surface area contributed by atoms with Gasteiger partial charge in [-0.2, -0.15) is 0 Å². The Hall–Kier alpha value is -1.81. The molecule has 0 atom stereocenters. The van der Waals surface area contributed by atoms with Gasteiger partial charge in [-0.25, -0.2) is 0 Å². The van der Waals surface area contributed by atoms with Crippen molar-refractivity contribution in [2.75, 3.05) is 13.7 Å². The molecule has 0 saturated carbocycles. The van der Waals surface area contributed by atoms with E-state index in [-0.39, 0.29) is 5.91 Å². The first-order valence-electron chi connectivity index (χ1n) is 7.31. The maximum atomic E-state index is 12.1. The number of carbonyl (C=O) groups excluding carboxylic acids is 1. The van der Waals surface area contributed by atoms with E-state index in [1.54, 1.807) is 4.90 Å². The fourth-order valence-corrected chi connectivity index (χ4v) is 2.34. The monoisotopic (exact) mass is 361 g/mol. The summed E-state index contributed by atoms with van der Waals surface area (Å²) >= 11 is 3.41. The van der Waals surface area contributed by atoms with Crippen LogP contribution in [0.25, 0.3) is 0 Å². The standard InChI is InChI=1S/C18H20BrNO2/c1-20(14-15-9-11-16(19)12-10-15)18(21)8-5-13-22-17-6-3-2-4-7-17/h2-4,6-7,9-12H,5,8,13-14H2,1H3. The third kappa shape index (κ3) is 5.53. The molecule has 0 spiro atoms. The Kier molecular flexibility index (Phi) is 6.46. The van der Waals surface area contributed by atoms with Gasteiger partial charge in [-0.1, -0.05) is 46.3 Å². The number of benzene rings is 2. The van der Waals surface area contributed by atoms with Crippen molar-refractivity contribution in [2.24, 2.45) is 0 Å². The van der Waals surface area contributed by atoms with Crippen LogP contribution in [0.1, 0.15) is 18.4 Å². The zero-order valence-corrected chi connectivity index (χ0v) is 14.3. The second kappa shape index (κ2) is 8.59. The molecule has 2 aromatic carbocycles. The fourth-order valence-electron chi connectivity index (χ4n) is 2.07. The van der Waals surface area contributed by atoms with Crippen molar-refractivity contribution < 1.29 is 9.53 Å². The lowest BCUT2D eigenvalue weighted by molar-refractivity contribution is -0.130. The van der Waals surface area contributed by atoms with Crippen molar-refractivity contribution in [3.63, 3.8) is 0 Å². The van der Waals surface area contributed by atoms with Crippen LogP contribution in [0, 0.1) is 0 Å². The number of para-hydroxylation sites is 1. The van der Waals surface area contributed by atoms with Gasteiger partial charge in [-0.15, -0.1) is 0 Å². The number of halogens is 1. The van der Waals surface area contributed by atoms with E-state index in [2.05, 4.69) is 15.9 Å². The first-order valence-corrected chi connectivity index (χ1v) is 8.11. The summed E-state index contributed by atoms with van der Waals surface area (Å²) in [5.74, 6) is 0.984. The topological polar surface area (TPSA) is 29.5 Å². The summed E-state index contributed by atoms with van der Waals surface area (Å²) in [7, 11) is 1.84. The maximum Gasteiger partial charge on any atom is 0.222 e. The summed E-state index contributed by atoms with van der Waals surface area (Å²) < 4.78 is 6.64. The molecule has 22 heavy (non-hydrogen) atoms. The molecule has 0 bridgehead atoms. The van der Waals surface area contributed by atoms with Crippen LogP contribution >= 0.6 is 15.9 Å². The lowest BCUT2D eigenvalue weighted by Crippen LogP contribution is -2.26. The molecule has 0 radical (unpaired) electrons. The van der Waals surface area contributed by atoms with E-state index in [1.165, 1.54) is 0 Å². The Morgan fingerprint density at radius 2 is 1.77 bits per heavy atom. The van der Waals surface area contributed by atoms with Gasteiger partial charge in [0.05, 0.1) is 6.61 Å². The van der Waals surface area contributed by atoms with Gasteiger partial charge in [0.2, 0.25) is 5.91 Å². The molecule has 1 amide bonds. The maximum absolute atomic E-state index is 12.1. The molecule has 3 nitrogen and oxygen atoms in total. The van der Waals surface area contributed by atoms with Crippen LogP contribution in [0.2, 0.25) is 0 Å². The molecule has 0 aliphatic carbocycles. The van der Waals surface area contributed by atoms with E-state index in [0.717, 1.165) is 22.2 Å². The van der Waals surface area contributed by atoms with Crippen molar-refractivity contribution in [2.45, 2.75) is 19.4 Å². The summed E-state index contributed by atoms with van der Waals surface area (Å²) in [6, 6.07) is 17.7. The zero-order valence-electron chi connectivity index (χ0n) is 12.7. The summed E-state index contributed by atoms with van der Waals surface area (Å²) in [6.07, 6.45) is 1.22. The molecular weight excluding hydrogens is 342 g/mol. The number of ether oxygens (including phenoxy) is 1. The second-order valence-corrected chi connectivity index (χ2v) is 6.06.